The molecule has 0 saturated heterocycles. The lowest BCUT2D eigenvalue weighted by Gasteiger charge is -2.08. The number of amides is 1. The highest BCUT2D eigenvalue weighted by atomic mass is 19.1. The number of halogens is 1. The number of quaternary nitrogens is 1. The topological polar surface area (TPSA) is 33.5 Å². The number of nitrogens with one attached hydrogen (secondary N) is 2. The minimum absolute atomic E-state index is 0.198. The molecule has 23 heavy (non-hydrogen) atoms. The normalized spacial score (nSPS) is 11.1. The van der Waals surface area contributed by atoms with E-state index in [1.165, 1.54) is 28.7 Å². The molecular weight excluding hydrogens is 291 g/mol. The largest absolute Gasteiger partial charge is 0.348 e. The van der Waals surface area contributed by atoms with Gasteiger partial charge in [-0.05, 0) is 29.3 Å². The average Bonchev–Trinajstić information content (AvgIpc) is 2.52. The molecule has 0 saturated carbocycles. The minimum Gasteiger partial charge on any atom is -0.348 e. The maximum absolute atomic E-state index is 13.0. The molecule has 0 aliphatic heterocycles. The van der Waals surface area contributed by atoms with E-state index in [0.29, 0.717) is 12.1 Å². The van der Waals surface area contributed by atoms with Crippen LogP contribution in [0.25, 0.3) is 6.08 Å². The maximum atomic E-state index is 13.0. The molecule has 0 aromatic heterocycles. The van der Waals surface area contributed by atoms with Crippen molar-refractivity contribution in [2.24, 2.45) is 0 Å². The number of carbonyl (C=O) groups excluding carboxylic acids is 1. The van der Waals surface area contributed by atoms with Crippen molar-refractivity contribution in [3.05, 3.63) is 77.1 Å². The van der Waals surface area contributed by atoms with Crippen LogP contribution < -0.4 is 10.2 Å². The Labute approximate surface area is 136 Å². The molecule has 0 atom stereocenters. The molecule has 4 heteroatoms. The van der Waals surface area contributed by atoms with E-state index in [1.807, 2.05) is 12.1 Å². The van der Waals surface area contributed by atoms with Crippen LogP contribution in [0.5, 0.6) is 0 Å². The van der Waals surface area contributed by atoms with Crippen LogP contribution >= 0.6 is 0 Å². The van der Waals surface area contributed by atoms with Gasteiger partial charge in [0.25, 0.3) is 0 Å². The second kappa shape index (κ2) is 8.25. The molecule has 0 fully saturated rings. The Kier molecular flexibility index (Phi) is 6.06. The molecule has 2 aromatic carbocycles. The number of hydrogen-bond acceptors (Lipinski definition) is 1. The molecule has 0 aliphatic carbocycles. The van der Waals surface area contributed by atoms with E-state index in [1.54, 1.807) is 18.2 Å². The van der Waals surface area contributed by atoms with Crippen molar-refractivity contribution in [1.29, 1.82) is 0 Å². The fourth-order valence-electron chi connectivity index (χ4n) is 2.21. The Bertz CT molecular complexity index is 678. The lowest BCUT2D eigenvalue weighted by Crippen LogP contribution is -3.04. The molecule has 0 heterocycles. The van der Waals surface area contributed by atoms with Crippen molar-refractivity contribution in [2.45, 2.75) is 13.1 Å². The summed E-state index contributed by atoms with van der Waals surface area (Å²) in [6, 6.07) is 14.3. The van der Waals surface area contributed by atoms with E-state index < -0.39 is 0 Å². The van der Waals surface area contributed by atoms with Gasteiger partial charge in [0.15, 0.2) is 0 Å². The van der Waals surface area contributed by atoms with Gasteiger partial charge >= 0.3 is 0 Å². The van der Waals surface area contributed by atoms with Crippen LogP contribution in [0.15, 0.2) is 54.6 Å². The summed E-state index contributed by atoms with van der Waals surface area (Å²) in [4.78, 5) is 13.2. The molecule has 0 spiro atoms. The summed E-state index contributed by atoms with van der Waals surface area (Å²) >= 11 is 0. The first-order valence-corrected chi connectivity index (χ1v) is 7.61. The van der Waals surface area contributed by atoms with E-state index in [-0.39, 0.29) is 11.7 Å². The van der Waals surface area contributed by atoms with Crippen molar-refractivity contribution in [1.82, 2.24) is 5.32 Å². The molecule has 0 bridgehead atoms. The highest BCUT2D eigenvalue weighted by Gasteiger charge is 2.00. The first-order valence-electron chi connectivity index (χ1n) is 7.61. The van der Waals surface area contributed by atoms with Crippen LogP contribution in [0.2, 0.25) is 0 Å². The van der Waals surface area contributed by atoms with Crippen molar-refractivity contribution in [3.63, 3.8) is 0 Å². The second-order valence-corrected chi connectivity index (χ2v) is 5.81. The minimum atomic E-state index is -0.313. The predicted octanol–water partition coefficient (Wildman–Crippen LogP) is 1.80. The molecule has 1 amide bonds. The highest BCUT2D eigenvalue weighted by molar-refractivity contribution is 5.91. The zero-order valence-corrected chi connectivity index (χ0v) is 13.5. The van der Waals surface area contributed by atoms with Crippen LogP contribution in [-0.2, 0) is 17.9 Å². The number of hydrogen-bond donors (Lipinski definition) is 2. The zero-order valence-electron chi connectivity index (χ0n) is 13.5. The summed E-state index contributed by atoms with van der Waals surface area (Å²) in [6.45, 7) is 1.45. The van der Waals surface area contributed by atoms with Gasteiger partial charge in [-0.3, -0.25) is 4.79 Å². The van der Waals surface area contributed by atoms with Gasteiger partial charge in [-0.25, -0.2) is 4.39 Å². The molecule has 3 nitrogen and oxygen atoms in total. The molecule has 0 radical (unpaired) electrons. The van der Waals surface area contributed by atoms with Gasteiger partial charge < -0.3 is 10.2 Å². The van der Waals surface area contributed by atoms with Gasteiger partial charge in [-0.2, -0.15) is 0 Å². The molecule has 2 N–H and O–H groups in total. The number of carbonyl (C=O) groups is 1. The quantitative estimate of drug-likeness (QED) is 0.784. The fourth-order valence-corrected chi connectivity index (χ4v) is 2.21. The Hall–Kier alpha value is -2.46. The van der Waals surface area contributed by atoms with Crippen LogP contribution in [0.3, 0.4) is 0 Å². The average molecular weight is 313 g/mol. The smallest absolute Gasteiger partial charge is 0.244 e. The lowest BCUT2D eigenvalue weighted by atomic mass is 10.1. The van der Waals surface area contributed by atoms with Crippen molar-refractivity contribution >= 4 is 12.0 Å². The third-order valence-corrected chi connectivity index (χ3v) is 3.32. The Morgan fingerprint density at radius 3 is 2.48 bits per heavy atom. The summed E-state index contributed by atoms with van der Waals surface area (Å²) in [5.74, 6) is -0.511. The Morgan fingerprint density at radius 1 is 1.13 bits per heavy atom. The highest BCUT2D eigenvalue weighted by Crippen LogP contribution is 2.06. The van der Waals surface area contributed by atoms with E-state index in [4.69, 9.17) is 0 Å². The summed E-state index contributed by atoms with van der Waals surface area (Å²) in [7, 11) is 4.22. The van der Waals surface area contributed by atoms with Crippen molar-refractivity contribution < 1.29 is 14.1 Å². The van der Waals surface area contributed by atoms with E-state index in [2.05, 4.69) is 31.5 Å². The summed E-state index contributed by atoms with van der Waals surface area (Å²) < 4.78 is 13.0. The summed E-state index contributed by atoms with van der Waals surface area (Å²) in [5, 5.41) is 2.82. The van der Waals surface area contributed by atoms with Gasteiger partial charge in [0.2, 0.25) is 5.91 Å². The zero-order chi connectivity index (χ0) is 16.7. The van der Waals surface area contributed by atoms with Gasteiger partial charge in [-0.1, -0.05) is 36.4 Å². The van der Waals surface area contributed by atoms with E-state index >= 15 is 0 Å². The van der Waals surface area contributed by atoms with Crippen LogP contribution in [0.1, 0.15) is 16.7 Å². The van der Waals surface area contributed by atoms with Gasteiger partial charge in [0.05, 0.1) is 14.1 Å². The van der Waals surface area contributed by atoms with E-state index in [0.717, 1.165) is 12.1 Å². The number of benzene rings is 2. The van der Waals surface area contributed by atoms with Gasteiger partial charge in [0, 0.05) is 18.2 Å². The SMILES string of the molecule is C[NH+](C)Cc1ccc(CNC(=O)/C=C/c2cccc(F)c2)cc1. The Balaban J connectivity index is 1.84. The molecule has 120 valence electrons. The number of rotatable bonds is 6. The molecule has 0 unspecified atom stereocenters. The third-order valence-electron chi connectivity index (χ3n) is 3.32. The van der Waals surface area contributed by atoms with Gasteiger partial charge in [-0.15, -0.1) is 0 Å². The van der Waals surface area contributed by atoms with Crippen LogP contribution in [-0.4, -0.2) is 20.0 Å². The van der Waals surface area contributed by atoms with Crippen molar-refractivity contribution in [3.8, 4) is 0 Å². The predicted molar refractivity (Wildman–Crippen MR) is 90.2 cm³/mol. The Morgan fingerprint density at radius 2 is 1.83 bits per heavy atom. The third kappa shape index (κ3) is 6.04. The van der Waals surface area contributed by atoms with Crippen LogP contribution in [0.4, 0.5) is 4.39 Å². The second-order valence-electron chi connectivity index (χ2n) is 5.81. The summed E-state index contributed by atoms with van der Waals surface area (Å²) in [5.41, 5.74) is 2.98. The maximum Gasteiger partial charge on any atom is 0.244 e. The lowest BCUT2D eigenvalue weighted by molar-refractivity contribution is -0.872. The fraction of sp³-hybridized carbons (Fsp3) is 0.211. The van der Waals surface area contributed by atoms with Crippen LogP contribution in [0, 0.1) is 5.82 Å². The van der Waals surface area contributed by atoms with Gasteiger partial charge in [0.1, 0.15) is 12.4 Å². The summed E-state index contributed by atoms with van der Waals surface area (Å²) in [6.07, 6.45) is 3.01. The molecule has 0 aliphatic rings. The molecule has 2 rings (SSSR count). The first kappa shape index (κ1) is 16.9. The monoisotopic (exact) mass is 313 g/mol. The first-order chi connectivity index (χ1) is 11.0. The standard InChI is InChI=1S/C19H21FN2O/c1-22(2)14-17-8-6-16(7-9-17)13-21-19(23)11-10-15-4-3-5-18(20)12-15/h3-12H,13-14H2,1-2H3,(H,21,23)/p+1/b11-10+. The van der Waals surface area contributed by atoms with Crippen molar-refractivity contribution in [2.75, 3.05) is 14.1 Å². The van der Waals surface area contributed by atoms with E-state index in [9.17, 15) is 9.18 Å². The molecule has 2 aromatic rings. The molecular formula is C19H22FN2O+.